The van der Waals surface area contributed by atoms with E-state index in [1.165, 1.54) is 6.42 Å². The monoisotopic (exact) mass is 127 g/mol. The van der Waals surface area contributed by atoms with Gasteiger partial charge in [0.15, 0.2) is 0 Å². The molecule has 0 rings (SSSR count). The second-order valence-corrected chi connectivity index (χ2v) is 2.29. The molecule has 0 aliphatic heterocycles. The first-order valence-corrected chi connectivity index (χ1v) is 3.73. The van der Waals surface area contributed by atoms with E-state index in [0.29, 0.717) is 0 Å². The van der Waals surface area contributed by atoms with Crippen LogP contribution in [0.4, 0.5) is 0 Å². The molecule has 54 valence electrons. The van der Waals surface area contributed by atoms with Crippen molar-refractivity contribution in [3.63, 3.8) is 0 Å². The van der Waals surface area contributed by atoms with Crippen LogP contribution in [-0.2, 0) is 0 Å². The van der Waals surface area contributed by atoms with Gasteiger partial charge < -0.3 is 5.73 Å². The summed E-state index contributed by atoms with van der Waals surface area (Å²) in [6.07, 6.45) is 7.59. The average Bonchev–Trinajstić information content (AvgIpc) is 1.85. The summed E-state index contributed by atoms with van der Waals surface area (Å²) in [4.78, 5) is 0. The molecule has 1 heteroatoms. The molecule has 2 N–H and O–H groups in total. The van der Waals surface area contributed by atoms with E-state index in [9.17, 15) is 0 Å². The summed E-state index contributed by atoms with van der Waals surface area (Å²) >= 11 is 0. The molecule has 0 aliphatic rings. The van der Waals surface area contributed by atoms with Crippen molar-refractivity contribution < 1.29 is 0 Å². The highest BCUT2D eigenvalue weighted by atomic mass is 14.6. The largest absolute Gasteiger partial charge is 0.324 e. The molecular formula is C8H17N. The van der Waals surface area contributed by atoms with Crippen LogP contribution in [0.1, 0.15) is 33.1 Å². The van der Waals surface area contributed by atoms with E-state index >= 15 is 0 Å². The van der Waals surface area contributed by atoms with Gasteiger partial charge in [-0.3, -0.25) is 0 Å². The molecule has 1 atom stereocenters. The summed E-state index contributed by atoms with van der Waals surface area (Å²) in [7, 11) is 0. The highest BCUT2D eigenvalue weighted by Crippen LogP contribution is 1.94. The summed E-state index contributed by atoms with van der Waals surface area (Å²) in [5.74, 6) is 0. The summed E-state index contributed by atoms with van der Waals surface area (Å²) < 4.78 is 0. The molecule has 1 nitrogen and oxygen atoms in total. The number of rotatable bonds is 4. The molecule has 0 heterocycles. The molecule has 0 aromatic carbocycles. The van der Waals surface area contributed by atoms with Crippen LogP contribution < -0.4 is 5.73 Å². The van der Waals surface area contributed by atoms with Crippen LogP contribution in [0.15, 0.2) is 12.2 Å². The van der Waals surface area contributed by atoms with Crippen LogP contribution in [-0.4, -0.2) is 6.04 Å². The molecule has 0 saturated carbocycles. The maximum atomic E-state index is 5.68. The van der Waals surface area contributed by atoms with Gasteiger partial charge in [0.05, 0.1) is 0 Å². The van der Waals surface area contributed by atoms with Crippen molar-refractivity contribution >= 4 is 0 Å². The van der Waals surface area contributed by atoms with Crippen molar-refractivity contribution in [1.82, 2.24) is 0 Å². The van der Waals surface area contributed by atoms with E-state index in [-0.39, 0.29) is 6.04 Å². The quantitative estimate of drug-likeness (QED) is 0.575. The zero-order chi connectivity index (χ0) is 7.11. The Morgan fingerprint density at radius 3 is 2.56 bits per heavy atom. The first-order valence-electron chi connectivity index (χ1n) is 3.73. The van der Waals surface area contributed by atoms with Crippen molar-refractivity contribution in [1.29, 1.82) is 0 Å². The maximum absolute atomic E-state index is 5.68. The lowest BCUT2D eigenvalue weighted by Crippen LogP contribution is -2.15. The molecular weight excluding hydrogens is 110 g/mol. The minimum absolute atomic E-state index is 0.287. The SMILES string of the molecule is CCC=CC(N)CCC. The third kappa shape index (κ3) is 5.57. The van der Waals surface area contributed by atoms with Gasteiger partial charge in [0.2, 0.25) is 0 Å². The Balaban J connectivity index is 3.25. The normalized spacial score (nSPS) is 14.6. The van der Waals surface area contributed by atoms with Gasteiger partial charge in [0.1, 0.15) is 0 Å². The predicted molar refractivity (Wildman–Crippen MR) is 42.3 cm³/mol. The Hall–Kier alpha value is -0.300. The summed E-state index contributed by atoms with van der Waals surface area (Å²) in [6.45, 7) is 4.27. The van der Waals surface area contributed by atoms with Gasteiger partial charge in [0.25, 0.3) is 0 Å². The topological polar surface area (TPSA) is 26.0 Å². The van der Waals surface area contributed by atoms with Crippen molar-refractivity contribution in [2.75, 3.05) is 0 Å². The first kappa shape index (κ1) is 8.70. The first-order chi connectivity index (χ1) is 4.31. The summed E-state index contributed by atoms with van der Waals surface area (Å²) in [6, 6.07) is 0.287. The molecule has 0 amide bonds. The standard InChI is InChI=1S/C8H17N/c1-3-5-7-8(9)6-4-2/h5,7-8H,3-4,6,9H2,1-2H3. The average molecular weight is 127 g/mol. The maximum Gasteiger partial charge on any atom is 0.0223 e. The number of hydrogen-bond donors (Lipinski definition) is 1. The lowest BCUT2D eigenvalue weighted by Gasteiger charge is -2.01. The van der Waals surface area contributed by atoms with Gasteiger partial charge in [-0.25, -0.2) is 0 Å². The van der Waals surface area contributed by atoms with Crippen molar-refractivity contribution in [3.8, 4) is 0 Å². The number of nitrogens with two attached hydrogens (primary N) is 1. The van der Waals surface area contributed by atoms with Crippen molar-refractivity contribution in [3.05, 3.63) is 12.2 Å². The van der Waals surface area contributed by atoms with Crippen LogP contribution in [0.3, 0.4) is 0 Å². The highest BCUT2D eigenvalue weighted by molar-refractivity contribution is 4.89. The van der Waals surface area contributed by atoms with E-state index in [0.717, 1.165) is 12.8 Å². The molecule has 0 aliphatic carbocycles. The highest BCUT2D eigenvalue weighted by Gasteiger charge is 1.91. The molecule has 0 spiro atoms. The molecule has 0 saturated heterocycles. The van der Waals surface area contributed by atoms with Crippen molar-refractivity contribution in [2.45, 2.75) is 39.2 Å². The fraction of sp³-hybridized carbons (Fsp3) is 0.750. The second kappa shape index (κ2) is 5.83. The Kier molecular flexibility index (Phi) is 5.64. The number of hydrogen-bond acceptors (Lipinski definition) is 1. The fourth-order valence-electron chi connectivity index (χ4n) is 0.740. The van der Waals surface area contributed by atoms with Gasteiger partial charge in [-0.2, -0.15) is 0 Å². The third-order valence-corrected chi connectivity index (χ3v) is 1.24. The smallest absolute Gasteiger partial charge is 0.0223 e. The molecule has 9 heavy (non-hydrogen) atoms. The van der Waals surface area contributed by atoms with E-state index in [1.54, 1.807) is 0 Å². The lowest BCUT2D eigenvalue weighted by atomic mass is 10.1. The minimum atomic E-state index is 0.287. The Bertz CT molecular complexity index is 76.6. The van der Waals surface area contributed by atoms with Crippen LogP contribution >= 0.6 is 0 Å². The second-order valence-electron chi connectivity index (χ2n) is 2.29. The Morgan fingerprint density at radius 1 is 1.44 bits per heavy atom. The van der Waals surface area contributed by atoms with Gasteiger partial charge in [-0.05, 0) is 12.8 Å². The lowest BCUT2D eigenvalue weighted by molar-refractivity contribution is 0.702. The summed E-state index contributed by atoms with van der Waals surface area (Å²) in [5.41, 5.74) is 5.68. The Labute approximate surface area is 57.9 Å². The van der Waals surface area contributed by atoms with Gasteiger partial charge >= 0.3 is 0 Å². The van der Waals surface area contributed by atoms with E-state index < -0.39 is 0 Å². The minimum Gasteiger partial charge on any atom is -0.324 e. The third-order valence-electron chi connectivity index (χ3n) is 1.24. The predicted octanol–water partition coefficient (Wildman–Crippen LogP) is 2.08. The van der Waals surface area contributed by atoms with Gasteiger partial charge in [-0.1, -0.05) is 32.4 Å². The van der Waals surface area contributed by atoms with Crippen LogP contribution in [0.5, 0.6) is 0 Å². The zero-order valence-corrected chi connectivity index (χ0v) is 6.43. The molecule has 0 radical (unpaired) electrons. The molecule has 0 aromatic heterocycles. The summed E-state index contributed by atoms with van der Waals surface area (Å²) in [5, 5.41) is 0. The van der Waals surface area contributed by atoms with Gasteiger partial charge in [0, 0.05) is 6.04 Å². The van der Waals surface area contributed by atoms with E-state index in [1.807, 2.05) is 0 Å². The zero-order valence-electron chi connectivity index (χ0n) is 6.43. The number of allylic oxidation sites excluding steroid dienone is 1. The molecule has 0 fully saturated rings. The van der Waals surface area contributed by atoms with Crippen LogP contribution in [0.25, 0.3) is 0 Å². The fourth-order valence-corrected chi connectivity index (χ4v) is 0.740. The van der Waals surface area contributed by atoms with Gasteiger partial charge in [-0.15, -0.1) is 0 Å². The molecule has 0 bridgehead atoms. The molecule has 0 aromatic rings. The Morgan fingerprint density at radius 2 is 2.11 bits per heavy atom. The van der Waals surface area contributed by atoms with E-state index in [4.69, 9.17) is 5.73 Å². The van der Waals surface area contributed by atoms with Crippen LogP contribution in [0.2, 0.25) is 0 Å². The molecule has 1 unspecified atom stereocenters. The van der Waals surface area contributed by atoms with Crippen molar-refractivity contribution in [2.24, 2.45) is 5.73 Å². The van der Waals surface area contributed by atoms with E-state index in [2.05, 4.69) is 26.0 Å². The van der Waals surface area contributed by atoms with Crippen LogP contribution in [0, 0.1) is 0 Å².